The molecule has 2 nitrogen and oxygen atoms in total. The lowest BCUT2D eigenvalue weighted by atomic mass is 10.2. The molecule has 0 amide bonds. The van der Waals surface area contributed by atoms with Crippen molar-refractivity contribution >= 4 is 17.1 Å². The molecule has 1 heterocycles. The summed E-state index contributed by atoms with van der Waals surface area (Å²) in [6, 6.07) is 0. The Kier molecular flexibility index (Phi) is 3.41. The van der Waals surface area contributed by atoms with Gasteiger partial charge in [0, 0.05) is 17.5 Å². The maximum atomic E-state index is 10.6. The summed E-state index contributed by atoms with van der Waals surface area (Å²) in [7, 11) is 0. The highest BCUT2D eigenvalue weighted by Gasteiger charge is 1.99. The van der Waals surface area contributed by atoms with Crippen LogP contribution in [-0.2, 0) is 11.2 Å². The number of ketones is 1. The van der Waals surface area contributed by atoms with E-state index >= 15 is 0 Å². The molecule has 0 aromatic carbocycles. The molecular formula is C9H13NOS. The number of aromatic nitrogens is 1. The predicted molar refractivity (Wildman–Crippen MR) is 50.5 cm³/mol. The first-order chi connectivity index (χ1) is 5.68. The smallest absolute Gasteiger partial charge is 0.129 e. The molecule has 0 aliphatic rings. The van der Waals surface area contributed by atoms with Gasteiger partial charge in [-0.15, -0.1) is 11.3 Å². The van der Waals surface area contributed by atoms with Crippen LogP contribution in [0.1, 0.15) is 30.5 Å². The Morgan fingerprint density at radius 2 is 2.42 bits per heavy atom. The zero-order chi connectivity index (χ0) is 8.97. The van der Waals surface area contributed by atoms with Gasteiger partial charge in [0.15, 0.2) is 0 Å². The largest absolute Gasteiger partial charge is 0.300 e. The molecule has 0 fully saturated rings. The molecule has 0 aliphatic carbocycles. The molecule has 0 atom stereocenters. The zero-order valence-corrected chi connectivity index (χ0v) is 8.28. The predicted octanol–water partition coefficient (Wildman–Crippen LogP) is 2.36. The van der Waals surface area contributed by atoms with Crippen molar-refractivity contribution in [2.45, 2.75) is 33.1 Å². The minimum absolute atomic E-state index is 0.267. The second kappa shape index (κ2) is 4.36. The number of hydrogen-bond acceptors (Lipinski definition) is 3. The Labute approximate surface area is 76.6 Å². The van der Waals surface area contributed by atoms with Crippen molar-refractivity contribution in [2.75, 3.05) is 0 Å². The molecule has 0 saturated heterocycles. The van der Waals surface area contributed by atoms with E-state index in [2.05, 4.69) is 4.98 Å². The van der Waals surface area contributed by atoms with E-state index in [0.717, 1.165) is 23.5 Å². The van der Waals surface area contributed by atoms with E-state index in [9.17, 15) is 4.79 Å². The van der Waals surface area contributed by atoms with Gasteiger partial charge in [0.2, 0.25) is 0 Å². The van der Waals surface area contributed by atoms with Crippen LogP contribution in [0.2, 0.25) is 0 Å². The average molecular weight is 183 g/mol. The highest BCUT2D eigenvalue weighted by Crippen LogP contribution is 2.11. The van der Waals surface area contributed by atoms with E-state index in [1.54, 1.807) is 18.3 Å². The third-order valence-corrected chi connectivity index (χ3v) is 2.61. The fourth-order valence-electron chi connectivity index (χ4n) is 1.01. The molecule has 1 aromatic heterocycles. The normalized spacial score (nSPS) is 10.2. The molecule has 0 N–H and O–H groups in total. The first kappa shape index (κ1) is 9.39. The maximum Gasteiger partial charge on any atom is 0.129 e. The molecule has 3 heteroatoms. The summed E-state index contributed by atoms with van der Waals surface area (Å²) in [5, 5.41) is 3.19. The fraction of sp³-hybridized carbons (Fsp3) is 0.556. The maximum absolute atomic E-state index is 10.6. The molecule has 12 heavy (non-hydrogen) atoms. The number of carbonyl (C=O) groups is 1. The quantitative estimate of drug-likeness (QED) is 0.717. The Balaban J connectivity index is 2.29. The summed E-state index contributed by atoms with van der Waals surface area (Å²) < 4.78 is 0. The highest BCUT2D eigenvalue weighted by molar-refractivity contribution is 7.09. The monoisotopic (exact) mass is 183 g/mol. The van der Waals surface area contributed by atoms with E-state index in [-0.39, 0.29) is 5.78 Å². The van der Waals surface area contributed by atoms with E-state index in [0.29, 0.717) is 6.42 Å². The van der Waals surface area contributed by atoms with E-state index in [1.807, 2.05) is 12.3 Å². The lowest BCUT2D eigenvalue weighted by molar-refractivity contribution is -0.117. The third-order valence-electron chi connectivity index (χ3n) is 1.59. The standard InChI is InChI=1S/C9H13NOS/c1-7-6-12-9(10-7)5-3-4-8(2)11/h6H,3-5H2,1-2H3. The minimum Gasteiger partial charge on any atom is -0.300 e. The van der Waals surface area contributed by atoms with Gasteiger partial charge in [-0.2, -0.15) is 0 Å². The van der Waals surface area contributed by atoms with Crippen molar-refractivity contribution < 1.29 is 4.79 Å². The van der Waals surface area contributed by atoms with E-state index in [1.165, 1.54) is 0 Å². The molecule has 1 rings (SSSR count). The zero-order valence-electron chi connectivity index (χ0n) is 7.46. The Hall–Kier alpha value is -0.700. The van der Waals surface area contributed by atoms with Crippen molar-refractivity contribution in [3.8, 4) is 0 Å². The molecule has 0 bridgehead atoms. The second-order valence-electron chi connectivity index (χ2n) is 2.94. The molecule has 0 radical (unpaired) electrons. The summed E-state index contributed by atoms with van der Waals surface area (Å²) in [6.07, 6.45) is 2.55. The summed E-state index contributed by atoms with van der Waals surface area (Å²) in [5.74, 6) is 0.267. The van der Waals surface area contributed by atoms with Gasteiger partial charge in [-0.05, 0) is 26.7 Å². The van der Waals surface area contributed by atoms with Gasteiger partial charge in [-0.1, -0.05) is 0 Å². The number of Topliss-reactive ketones (excluding diaryl/α,β-unsaturated/α-hetero) is 1. The van der Waals surface area contributed by atoms with Crippen LogP contribution in [0.15, 0.2) is 5.38 Å². The minimum atomic E-state index is 0.267. The van der Waals surface area contributed by atoms with Gasteiger partial charge in [-0.25, -0.2) is 4.98 Å². The van der Waals surface area contributed by atoms with Crippen molar-refractivity contribution in [3.05, 3.63) is 16.1 Å². The lowest BCUT2D eigenvalue weighted by Gasteiger charge is -1.92. The van der Waals surface area contributed by atoms with Crippen LogP contribution in [0.3, 0.4) is 0 Å². The van der Waals surface area contributed by atoms with Crippen molar-refractivity contribution in [3.63, 3.8) is 0 Å². The van der Waals surface area contributed by atoms with Crippen LogP contribution >= 0.6 is 11.3 Å². The number of nitrogens with zero attached hydrogens (tertiary/aromatic N) is 1. The molecule has 0 aliphatic heterocycles. The van der Waals surface area contributed by atoms with Gasteiger partial charge >= 0.3 is 0 Å². The summed E-state index contributed by atoms with van der Waals surface area (Å²) in [4.78, 5) is 14.9. The Morgan fingerprint density at radius 3 is 2.92 bits per heavy atom. The summed E-state index contributed by atoms with van der Waals surface area (Å²) in [6.45, 7) is 3.62. The second-order valence-corrected chi connectivity index (χ2v) is 3.88. The van der Waals surface area contributed by atoms with Crippen molar-refractivity contribution in [1.82, 2.24) is 4.98 Å². The van der Waals surface area contributed by atoms with Crippen LogP contribution in [0.5, 0.6) is 0 Å². The average Bonchev–Trinajstić information content (AvgIpc) is 2.35. The first-order valence-electron chi connectivity index (χ1n) is 4.09. The van der Waals surface area contributed by atoms with Gasteiger partial charge in [0.25, 0.3) is 0 Å². The van der Waals surface area contributed by atoms with Crippen LogP contribution in [0.25, 0.3) is 0 Å². The van der Waals surface area contributed by atoms with Crippen LogP contribution in [0.4, 0.5) is 0 Å². The SMILES string of the molecule is CC(=O)CCCc1nc(C)cs1. The van der Waals surface area contributed by atoms with Gasteiger partial charge in [0.1, 0.15) is 5.78 Å². The van der Waals surface area contributed by atoms with Crippen LogP contribution in [-0.4, -0.2) is 10.8 Å². The molecule has 1 aromatic rings. The number of rotatable bonds is 4. The van der Waals surface area contributed by atoms with Crippen LogP contribution in [0, 0.1) is 6.92 Å². The summed E-state index contributed by atoms with van der Waals surface area (Å²) in [5.41, 5.74) is 1.08. The molecule has 0 unspecified atom stereocenters. The highest BCUT2D eigenvalue weighted by atomic mass is 32.1. The van der Waals surface area contributed by atoms with E-state index in [4.69, 9.17) is 0 Å². The van der Waals surface area contributed by atoms with Crippen molar-refractivity contribution in [1.29, 1.82) is 0 Å². The lowest BCUT2D eigenvalue weighted by Crippen LogP contribution is -1.91. The Morgan fingerprint density at radius 1 is 1.67 bits per heavy atom. The van der Waals surface area contributed by atoms with Gasteiger partial charge in [0.05, 0.1) is 5.01 Å². The van der Waals surface area contributed by atoms with Crippen molar-refractivity contribution in [2.24, 2.45) is 0 Å². The fourth-order valence-corrected chi connectivity index (χ4v) is 1.82. The number of hydrogen-bond donors (Lipinski definition) is 0. The summed E-state index contributed by atoms with van der Waals surface area (Å²) >= 11 is 1.68. The number of carbonyl (C=O) groups excluding carboxylic acids is 1. The molecular weight excluding hydrogens is 170 g/mol. The van der Waals surface area contributed by atoms with Gasteiger partial charge in [-0.3, -0.25) is 0 Å². The molecule has 0 spiro atoms. The number of aryl methyl sites for hydroxylation is 2. The third kappa shape index (κ3) is 3.13. The first-order valence-corrected chi connectivity index (χ1v) is 4.97. The molecule has 66 valence electrons. The topological polar surface area (TPSA) is 30.0 Å². The van der Waals surface area contributed by atoms with E-state index < -0.39 is 0 Å². The van der Waals surface area contributed by atoms with Crippen LogP contribution < -0.4 is 0 Å². The Bertz CT molecular complexity index is 267. The van der Waals surface area contributed by atoms with Gasteiger partial charge < -0.3 is 4.79 Å². The number of thiazole rings is 1. The molecule has 0 saturated carbocycles.